The van der Waals surface area contributed by atoms with Crippen molar-refractivity contribution in [3.05, 3.63) is 40.6 Å². The Bertz CT molecular complexity index is 594. The van der Waals surface area contributed by atoms with Gasteiger partial charge in [0.2, 0.25) is 0 Å². The molecule has 7 heteroatoms. The predicted octanol–water partition coefficient (Wildman–Crippen LogP) is 1.46. The van der Waals surface area contributed by atoms with Crippen LogP contribution in [0.25, 0.3) is 11.3 Å². The molecule has 0 fully saturated rings. The summed E-state index contributed by atoms with van der Waals surface area (Å²) in [6, 6.07) is 6.98. The molecule has 0 atom stereocenters. The summed E-state index contributed by atoms with van der Waals surface area (Å²) in [5.74, 6) is 0.519. The SMILES string of the molecule is COc1ccccc1-c1c([N+](=O)[O-])cnn1CCO. The van der Waals surface area contributed by atoms with Crippen LogP contribution in [0.1, 0.15) is 0 Å². The Hall–Kier alpha value is -2.41. The first-order chi connectivity index (χ1) is 9.19. The first-order valence-corrected chi connectivity index (χ1v) is 5.63. The van der Waals surface area contributed by atoms with Crippen LogP contribution in [0.15, 0.2) is 30.5 Å². The number of aliphatic hydroxyl groups is 1. The molecule has 1 aromatic heterocycles. The molecular weight excluding hydrogens is 250 g/mol. The van der Waals surface area contributed by atoms with Crippen molar-refractivity contribution in [3.63, 3.8) is 0 Å². The lowest BCUT2D eigenvalue weighted by Crippen LogP contribution is -2.06. The van der Waals surface area contributed by atoms with Crippen LogP contribution in [0.2, 0.25) is 0 Å². The molecular formula is C12H13N3O4. The largest absolute Gasteiger partial charge is 0.496 e. The molecule has 0 aliphatic rings. The standard InChI is InChI=1S/C12H13N3O4/c1-19-11-5-3-2-4-9(11)12-10(15(17)18)8-13-14(12)6-7-16/h2-5,8,16H,6-7H2,1H3. The molecule has 19 heavy (non-hydrogen) atoms. The minimum absolute atomic E-state index is 0.113. The second-order valence-corrected chi connectivity index (χ2v) is 3.78. The van der Waals surface area contributed by atoms with Gasteiger partial charge in [-0.15, -0.1) is 0 Å². The Morgan fingerprint density at radius 1 is 1.47 bits per heavy atom. The lowest BCUT2D eigenvalue weighted by Gasteiger charge is -2.09. The van der Waals surface area contributed by atoms with E-state index in [1.54, 1.807) is 24.3 Å². The molecule has 1 aromatic carbocycles. The molecule has 100 valence electrons. The average Bonchev–Trinajstić information content (AvgIpc) is 2.83. The third-order valence-corrected chi connectivity index (χ3v) is 2.69. The molecule has 0 saturated carbocycles. The zero-order valence-electron chi connectivity index (χ0n) is 10.3. The van der Waals surface area contributed by atoms with Crippen molar-refractivity contribution < 1.29 is 14.8 Å². The molecule has 1 heterocycles. The van der Waals surface area contributed by atoms with Gasteiger partial charge in [-0.3, -0.25) is 14.8 Å². The molecule has 7 nitrogen and oxygen atoms in total. The Labute approximate surface area is 109 Å². The number of rotatable bonds is 5. The monoisotopic (exact) mass is 263 g/mol. The van der Waals surface area contributed by atoms with Crippen molar-refractivity contribution >= 4 is 5.69 Å². The van der Waals surface area contributed by atoms with E-state index in [9.17, 15) is 10.1 Å². The summed E-state index contributed by atoms with van der Waals surface area (Å²) in [5.41, 5.74) is 0.789. The van der Waals surface area contributed by atoms with E-state index in [4.69, 9.17) is 9.84 Å². The minimum atomic E-state index is -0.497. The van der Waals surface area contributed by atoms with E-state index >= 15 is 0 Å². The van der Waals surface area contributed by atoms with E-state index in [0.29, 0.717) is 17.0 Å². The zero-order valence-corrected chi connectivity index (χ0v) is 10.3. The quantitative estimate of drug-likeness (QED) is 0.651. The van der Waals surface area contributed by atoms with Crippen LogP contribution < -0.4 is 4.74 Å². The van der Waals surface area contributed by atoms with Gasteiger partial charge in [0.1, 0.15) is 17.6 Å². The van der Waals surface area contributed by atoms with Crippen molar-refractivity contribution in [2.45, 2.75) is 6.54 Å². The Morgan fingerprint density at radius 2 is 2.21 bits per heavy atom. The summed E-state index contributed by atoms with van der Waals surface area (Å²) >= 11 is 0. The third kappa shape index (κ3) is 2.41. The van der Waals surface area contributed by atoms with Crippen LogP contribution >= 0.6 is 0 Å². The normalized spacial score (nSPS) is 10.4. The topological polar surface area (TPSA) is 90.4 Å². The molecule has 2 aromatic rings. The van der Waals surface area contributed by atoms with Crippen molar-refractivity contribution in [2.75, 3.05) is 13.7 Å². The van der Waals surface area contributed by atoms with Gasteiger partial charge in [0.05, 0.1) is 25.2 Å². The fourth-order valence-corrected chi connectivity index (χ4v) is 1.89. The lowest BCUT2D eigenvalue weighted by molar-refractivity contribution is -0.384. The van der Waals surface area contributed by atoms with Gasteiger partial charge in [-0.25, -0.2) is 0 Å². The number of aromatic nitrogens is 2. The van der Waals surface area contributed by atoms with Gasteiger partial charge in [0.25, 0.3) is 0 Å². The minimum Gasteiger partial charge on any atom is -0.496 e. The maximum atomic E-state index is 11.1. The number of hydrogen-bond donors (Lipinski definition) is 1. The van der Waals surface area contributed by atoms with Gasteiger partial charge in [-0.05, 0) is 12.1 Å². The van der Waals surface area contributed by atoms with Crippen LogP contribution in [-0.4, -0.2) is 33.5 Å². The molecule has 0 aliphatic heterocycles. The van der Waals surface area contributed by atoms with Crippen LogP contribution in [0.4, 0.5) is 5.69 Å². The maximum absolute atomic E-state index is 11.1. The molecule has 0 saturated heterocycles. The molecule has 0 spiro atoms. The summed E-state index contributed by atoms with van der Waals surface area (Å²) in [5, 5.41) is 24.0. The fraction of sp³-hybridized carbons (Fsp3) is 0.250. The van der Waals surface area contributed by atoms with Gasteiger partial charge in [0, 0.05) is 5.56 Å². The summed E-state index contributed by atoms with van der Waals surface area (Å²) in [4.78, 5) is 10.6. The number of ether oxygens (including phenoxy) is 1. The van der Waals surface area contributed by atoms with Gasteiger partial charge in [-0.2, -0.15) is 5.10 Å². The number of para-hydroxylation sites is 1. The fourth-order valence-electron chi connectivity index (χ4n) is 1.89. The highest BCUT2D eigenvalue weighted by atomic mass is 16.6. The first kappa shape index (κ1) is 13.0. The molecule has 0 unspecified atom stereocenters. The average molecular weight is 263 g/mol. The molecule has 0 radical (unpaired) electrons. The van der Waals surface area contributed by atoms with Crippen molar-refractivity contribution in [3.8, 4) is 17.0 Å². The smallest absolute Gasteiger partial charge is 0.315 e. The number of hydrogen-bond acceptors (Lipinski definition) is 5. The van der Waals surface area contributed by atoms with Gasteiger partial charge >= 0.3 is 5.69 Å². The Kier molecular flexibility index (Phi) is 3.76. The predicted molar refractivity (Wildman–Crippen MR) is 68.0 cm³/mol. The van der Waals surface area contributed by atoms with E-state index in [-0.39, 0.29) is 18.8 Å². The van der Waals surface area contributed by atoms with Gasteiger partial charge < -0.3 is 9.84 Å². The van der Waals surface area contributed by atoms with Crippen LogP contribution in [0, 0.1) is 10.1 Å². The van der Waals surface area contributed by atoms with Crippen LogP contribution in [0.5, 0.6) is 5.75 Å². The Morgan fingerprint density at radius 3 is 2.84 bits per heavy atom. The van der Waals surface area contributed by atoms with Crippen LogP contribution in [-0.2, 0) is 6.54 Å². The molecule has 1 N–H and O–H groups in total. The van der Waals surface area contributed by atoms with Crippen LogP contribution in [0.3, 0.4) is 0 Å². The van der Waals surface area contributed by atoms with E-state index in [2.05, 4.69) is 5.10 Å². The third-order valence-electron chi connectivity index (χ3n) is 2.69. The van der Waals surface area contributed by atoms with E-state index < -0.39 is 4.92 Å². The zero-order chi connectivity index (χ0) is 13.8. The summed E-state index contributed by atoms with van der Waals surface area (Å²) in [6.45, 7) is 0.0300. The number of nitro groups is 1. The second-order valence-electron chi connectivity index (χ2n) is 3.78. The van der Waals surface area contributed by atoms with Gasteiger partial charge in [-0.1, -0.05) is 12.1 Å². The van der Waals surface area contributed by atoms with E-state index in [1.807, 2.05) is 0 Å². The number of benzene rings is 1. The van der Waals surface area contributed by atoms with E-state index in [0.717, 1.165) is 0 Å². The highest BCUT2D eigenvalue weighted by Crippen LogP contribution is 2.35. The maximum Gasteiger partial charge on any atom is 0.315 e. The highest BCUT2D eigenvalue weighted by molar-refractivity contribution is 5.75. The van der Waals surface area contributed by atoms with Crippen molar-refractivity contribution in [2.24, 2.45) is 0 Å². The van der Waals surface area contributed by atoms with Crippen molar-refractivity contribution in [1.82, 2.24) is 9.78 Å². The summed E-state index contributed by atoms with van der Waals surface area (Å²) in [6.07, 6.45) is 1.18. The number of nitrogens with zero attached hydrogens (tertiary/aromatic N) is 3. The van der Waals surface area contributed by atoms with Gasteiger partial charge in [0.15, 0.2) is 0 Å². The molecule has 0 amide bonds. The number of methoxy groups -OCH3 is 1. The lowest BCUT2D eigenvalue weighted by atomic mass is 10.1. The molecule has 0 bridgehead atoms. The molecule has 0 aliphatic carbocycles. The number of aliphatic hydroxyl groups excluding tert-OH is 1. The first-order valence-electron chi connectivity index (χ1n) is 5.63. The second kappa shape index (κ2) is 5.49. The van der Waals surface area contributed by atoms with E-state index in [1.165, 1.54) is 18.0 Å². The summed E-state index contributed by atoms with van der Waals surface area (Å²) < 4.78 is 6.61. The highest BCUT2D eigenvalue weighted by Gasteiger charge is 2.24. The molecule has 2 rings (SSSR count). The Balaban J connectivity index is 2.64. The van der Waals surface area contributed by atoms with Crippen molar-refractivity contribution in [1.29, 1.82) is 0 Å². The summed E-state index contributed by atoms with van der Waals surface area (Å²) in [7, 11) is 1.50.